The Morgan fingerprint density at radius 3 is 2.64 bits per heavy atom. The highest BCUT2D eigenvalue weighted by atomic mass is 15.1. The van der Waals surface area contributed by atoms with E-state index in [4.69, 9.17) is 0 Å². The lowest BCUT2D eigenvalue weighted by atomic mass is 10.2. The summed E-state index contributed by atoms with van der Waals surface area (Å²) in [6.45, 7) is 5.66. The summed E-state index contributed by atoms with van der Waals surface area (Å²) in [5.74, 6) is 1.43. The summed E-state index contributed by atoms with van der Waals surface area (Å²) in [5.41, 5.74) is 0. The first-order chi connectivity index (χ1) is 6.79. The van der Waals surface area contributed by atoms with Gasteiger partial charge in [0.15, 0.2) is 0 Å². The predicted octanol–water partition coefficient (Wildman–Crippen LogP) is 2.46. The first kappa shape index (κ1) is 11.3. The van der Waals surface area contributed by atoms with E-state index in [-0.39, 0.29) is 0 Å². The van der Waals surface area contributed by atoms with E-state index in [1.165, 1.54) is 38.1 Å². The van der Waals surface area contributed by atoms with Crippen molar-refractivity contribution in [3.63, 3.8) is 0 Å². The molecule has 14 heavy (non-hydrogen) atoms. The Morgan fingerprint density at radius 2 is 2.00 bits per heavy atom. The molecule has 80 valence electrons. The third-order valence-corrected chi connectivity index (χ3v) is 2.78. The van der Waals surface area contributed by atoms with E-state index in [1.807, 2.05) is 0 Å². The Balaban J connectivity index is 2.42. The van der Waals surface area contributed by atoms with E-state index in [0.717, 1.165) is 6.42 Å². The molecule has 1 aromatic rings. The van der Waals surface area contributed by atoms with Crippen LogP contribution in [0.3, 0.4) is 0 Å². The van der Waals surface area contributed by atoms with Gasteiger partial charge in [0, 0.05) is 6.42 Å². The number of rotatable bonds is 6. The zero-order chi connectivity index (χ0) is 10.4. The molecule has 0 bridgehead atoms. The first-order valence-electron chi connectivity index (χ1n) is 5.83. The fourth-order valence-electron chi connectivity index (χ4n) is 1.92. The largest absolute Gasteiger partial charge is 0.255 e. The third kappa shape index (κ3) is 2.86. The van der Waals surface area contributed by atoms with Gasteiger partial charge in [-0.25, -0.2) is 9.13 Å². The molecule has 0 saturated carbocycles. The van der Waals surface area contributed by atoms with Gasteiger partial charge in [-0.3, -0.25) is 0 Å². The molecule has 0 aliphatic heterocycles. The Labute approximate surface area is 87.6 Å². The zero-order valence-corrected chi connectivity index (χ0v) is 9.79. The van der Waals surface area contributed by atoms with Crippen molar-refractivity contribution in [2.24, 2.45) is 7.05 Å². The lowest BCUT2D eigenvalue weighted by molar-refractivity contribution is -0.678. The second-order valence-electron chi connectivity index (χ2n) is 3.93. The maximum Gasteiger partial charge on any atom is 0.255 e. The molecule has 1 heterocycles. The Morgan fingerprint density at radius 1 is 1.21 bits per heavy atom. The van der Waals surface area contributed by atoms with Gasteiger partial charge in [0.05, 0.1) is 13.6 Å². The zero-order valence-electron chi connectivity index (χ0n) is 9.79. The average Bonchev–Trinajstić information content (AvgIpc) is 2.54. The SMILES string of the molecule is CCCCCCn1cc[n+](C)c1CC. The topological polar surface area (TPSA) is 8.81 Å². The van der Waals surface area contributed by atoms with Gasteiger partial charge in [0.1, 0.15) is 12.4 Å². The molecule has 0 atom stereocenters. The molecular weight excluding hydrogens is 172 g/mol. The quantitative estimate of drug-likeness (QED) is 0.487. The van der Waals surface area contributed by atoms with Crippen molar-refractivity contribution in [3.05, 3.63) is 18.2 Å². The number of hydrogen-bond acceptors (Lipinski definition) is 0. The van der Waals surface area contributed by atoms with Crippen LogP contribution < -0.4 is 4.57 Å². The molecule has 2 nitrogen and oxygen atoms in total. The first-order valence-corrected chi connectivity index (χ1v) is 5.83. The summed E-state index contributed by atoms with van der Waals surface area (Å²) in [6.07, 6.45) is 10.8. The van der Waals surface area contributed by atoms with Gasteiger partial charge in [-0.05, 0) is 12.8 Å². The van der Waals surface area contributed by atoms with Crippen LogP contribution in [0, 0.1) is 0 Å². The van der Waals surface area contributed by atoms with Crippen molar-refractivity contribution < 1.29 is 4.57 Å². The molecule has 1 rings (SSSR count). The minimum absolute atomic E-state index is 1.12. The van der Waals surface area contributed by atoms with Crippen molar-refractivity contribution in [1.82, 2.24) is 4.57 Å². The highest BCUT2D eigenvalue weighted by Gasteiger charge is 2.10. The van der Waals surface area contributed by atoms with E-state index in [2.05, 4.69) is 42.4 Å². The summed E-state index contributed by atoms with van der Waals surface area (Å²) < 4.78 is 4.61. The molecule has 0 aliphatic carbocycles. The summed E-state index contributed by atoms with van der Waals surface area (Å²) in [4.78, 5) is 0. The summed E-state index contributed by atoms with van der Waals surface area (Å²) in [6, 6.07) is 0. The van der Waals surface area contributed by atoms with Crippen molar-refractivity contribution in [3.8, 4) is 0 Å². The third-order valence-electron chi connectivity index (χ3n) is 2.78. The van der Waals surface area contributed by atoms with E-state index < -0.39 is 0 Å². The van der Waals surface area contributed by atoms with Crippen LogP contribution in [0.25, 0.3) is 0 Å². The predicted molar refractivity (Wildman–Crippen MR) is 59.1 cm³/mol. The van der Waals surface area contributed by atoms with Crippen molar-refractivity contribution in [2.75, 3.05) is 0 Å². The van der Waals surface area contributed by atoms with E-state index in [1.54, 1.807) is 0 Å². The van der Waals surface area contributed by atoms with Crippen molar-refractivity contribution >= 4 is 0 Å². The van der Waals surface area contributed by atoms with Crippen LogP contribution in [0.5, 0.6) is 0 Å². The van der Waals surface area contributed by atoms with E-state index in [0.29, 0.717) is 0 Å². The number of hydrogen-bond donors (Lipinski definition) is 0. The molecule has 0 aromatic carbocycles. The Hall–Kier alpha value is -0.790. The van der Waals surface area contributed by atoms with Crippen LogP contribution in [0.15, 0.2) is 12.4 Å². The van der Waals surface area contributed by atoms with Gasteiger partial charge in [-0.1, -0.05) is 26.7 Å². The summed E-state index contributed by atoms with van der Waals surface area (Å²) in [5, 5.41) is 0. The van der Waals surface area contributed by atoms with Gasteiger partial charge in [-0.15, -0.1) is 0 Å². The second kappa shape index (κ2) is 5.84. The van der Waals surface area contributed by atoms with Gasteiger partial charge in [0.25, 0.3) is 5.82 Å². The number of aromatic nitrogens is 2. The second-order valence-corrected chi connectivity index (χ2v) is 3.93. The summed E-state index contributed by atoms with van der Waals surface area (Å²) >= 11 is 0. The smallest absolute Gasteiger partial charge is 0.237 e. The summed E-state index contributed by atoms with van der Waals surface area (Å²) in [7, 11) is 2.13. The maximum atomic E-state index is 2.38. The molecule has 0 saturated heterocycles. The number of imidazole rings is 1. The standard InChI is InChI=1S/C12H23N2/c1-4-6-7-8-9-14-11-10-13(3)12(14)5-2/h10-11H,4-9H2,1-3H3/q+1. The molecule has 0 spiro atoms. The van der Waals surface area contributed by atoms with Gasteiger partial charge in [-0.2, -0.15) is 0 Å². The van der Waals surface area contributed by atoms with Crippen LogP contribution >= 0.6 is 0 Å². The molecule has 2 heteroatoms. The van der Waals surface area contributed by atoms with Crippen LogP contribution in [-0.2, 0) is 20.0 Å². The van der Waals surface area contributed by atoms with E-state index >= 15 is 0 Å². The lowest BCUT2D eigenvalue weighted by Gasteiger charge is -2.00. The molecule has 0 amide bonds. The minimum atomic E-state index is 1.12. The maximum absolute atomic E-state index is 2.38. The Kier molecular flexibility index (Phi) is 4.71. The van der Waals surface area contributed by atoms with Crippen LogP contribution in [0.2, 0.25) is 0 Å². The molecule has 0 N–H and O–H groups in total. The van der Waals surface area contributed by atoms with Crippen molar-refractivity contribution in [1.29, 1.82) is 0 Å². The molecule has 0 unspecified atom stereocenters. The lowest BCUT2D eigenvalue weighted by Crippen LogP contribution is -2.31. The fraction of sp³-hybridized carbons (Fsp3) is 0.750. The van der Waals surface area contributed by atoms with E-state index in [9.17, 15) is 0 Å². The highest BCUT2D eigenvalue weighted by molar-refractivity contribution is 4.82. The highest BCUT2D eigenvalue weighted by Crippen LogP contribution is 2.03. The normalized spacial score (nSPS) is 10.8. The van der Waals surface area contributed by atoms with Crippen LogP contribution in [0.4, 0.5) is 0 Å². The number of nitrogens with zero attached hydrogens (tertiary/aromatic N) is 2. The number of aryl methyl sites for hydroxylation is 2. The molecule has 0 fully saturated rings. The molecule has 0 aliphatic rings. The Bertz CT molecular complexity index is 263. The van der Waals surface area contributed by atoms with Gasteiger partial charge in [0.2, 0.25) is 0 Å². The van der Waals surface area contributed by atoms with Gasteiger partial charge < -0.3 is 0 Å². The van der Waals surface area contributed by atoms with Crippen LogP contribution in [-0.4, -0.2) is 4.57 Å². The number of unbranched alkanes of at least 4 members (excludes halogenated alkanes) is 3. The van der Waals surface area contributed by atoms with Gasteiger partial charge >= 0.3 is 0 Å². The molecule has 1 aromatic heterocycles. The van der Waals surface area contributed by atoms with Crippen LogP contribution in [0.1, 0.15) is 45.4 Å². The monoisotopic (exact) mass is 195 g/mol. The molecular formula is C12H23N2+. The minimum Gasteiger partial charge on any atom is -0.237 e. The average molecular weight is 195 g/mol. The van der Waals surface area contributed by atoms with Crippen molar-refractivity contribution in [2.45, 2.75) is 52.5 Å². The molecule has 0 radical (unpaired) electrons. The fourth-order valence-corrected chi connectivity index (χ4v) is 1.92.